The standard InChI is InChI=1S/C13H22N4.4C2H6/c1-11-5-14-17(6-11)13-9-16(10-13)8-12-3-4-15(2)7-12;4*1-2/h5-6,12-13H,3-4,7-10H2,1-2H3;4*1-2H3. The highest BCUT2D eigenvalue weighted by atomic mass is 15.4. The van der Waals surface area contributed by atoms with Gasteiger partial charge in [0.2, 0.25) is 0 Å². The van der Waals surface area contributed by atoms with Gasteiger partial charge in [0.1, 0.15) is 0 Å². The van der Waals surface area contributed by atoms with Crippen molar-refractivity contribution in [1.29, 1.82) is 0 Å². The van der Waals surface area contributed by atoms with Gasteiger partial charge in [0.25, 0.3) is 0 Å². The van der Waals surface area contributed by atoms with E-state index in [1.807, 2.05) is 61.6 Å². The van der Waals surface area contributed by atoms with Gasteiger partial charge in [-0.05, 0) is 38.4 Å². The monoisotopic (exact) mass is 354 g/mol. The van der Waals surface area contributed by atoms with Crippen molar-refractivity contribution >= 4 is 0 Å². The summed E-state index contributed by atoms with van der Waals surface area (Å²) in [4.78, 5) is 5.02. The van der Waals surface area contributed by atoms with E-state index in [0.717, 1.165) is 5.92 Å². The molecule has 2 fully saturated rings. The molecule has 25 heavy (non-hydrogen) atoms. The van der Waals surface area contributed by atoms with Crippen LogP contribution in [0.5, 0.6) is 0 Å². The predicted molar refractivity (Wildman–Crippen MR) is 113 cm³/mol. The van der Waals surface area contributed by atoms with E-state index in [-0.39, 0.29) is 0 Å². The largest absolute Gasteiger partial charge is 0.306 e. The quantitative estimate of drug-likeness (QED) is 0.754. The highest BCUT2D eigenvalue weighted by Crippen LogP contribution is 2.24. The molecular weight excluding hydrogens is 308 g/mol. The molecule has 0 amide bonds. The summed E-state index contributed by atoms with van der Waals surface area (Å²) in [7, 11) is 2.23. The van der Waals surface area contributed by atoms with Crippen LogP contribution >= 0.6 is 0 Å². The minimum Gasteiger partial charge on any atom is -0.306 e. The number of hydrogen-bond acceptors (Lipinski definition) is 3. The first kappa shape index (κ1) is 26.4. The van der Waals surface area contributed by atoms with Crippen molar-refractivity contribution in [3.8, 4) is 0 Å². The van der Waals surface area contributed by atoms with E-state index in [4.69, 9.17) is 0 Å². The average Bonchev–Trinajstić information content (AvgIpc) is 3.26. The molecule has 2 saturated heterocycles. The molecule has 1 unspecified atom stereocenters. The second-order valence-electron chi connectivity index (χ2n) is 5.79. The summed E-state index contributed by atoms with van der Waals surface area (Å²) in [6, 6.07) is 0.614. The summed E-state index contributed by atoms with van der Waals surface area (Å²) >= 11 is 0. The van der Waals surface area contributed by atoms with Crippen molar-refractivity contribution in [1.82, 2.24) is 19.6 Å². The molecule has 0 radical (unpaired) electrons. The first-order chi connectivity index (χ1) is 12.2. The Hall–Kier alpha value is -0.870. The molecule has 3 heterocycles. The number of likely N-dealkylation sites (tertiary alicyclic amines) is 2. The second kappa shape index (κ2) is 16.6. The van der Waals surface area contributed by atoms with E-state index in [9.17, 15) is 0 Å². The van der Waals surface area contributed by atoms with Crippen molar-refractivity contribution in [3.05, 3.63) is 18.0 Å². The van der Waals surface area contributed by atoms with Crippen LogP contribution in [0.1, 0.15) is 73.4 Å². The van der Waals surface area contributed by atoms with E-state index in [1.165, 1.54) is 44.7 Å². The maximum absolute atomic E-state index is 4.40. The fraction of sp³-hybridized carbons (Fsp3) is 0.857. The van der Waals surface area contributed by atoms with E-state index in [0.29, 0.717) is 6.04 Å². The van der Waals surface area contributed by atoms with Crippen LogP contribution < -0.4 is 0 Å². The van der Waals surface area contributed by atoms with Crippen LogP contribution in [0.3, 0.4) is 0 Å². The molecule has 2 aliphatic heterocycles. The van der Waals surface area contributed by atoms with Gasteiger partial charge in [0.15, 0.2) is 0 Å². The number of nitrogens with zero attached hydrogens (tertiary/aromatic N) is 4. The lowest BCUT2D eigenvalue weighted by molar-refractivity contribution is 0.0818. The Kier molecular flexibility index (Phi) is 17.5. The second-order valence-corrected chi connectivity index (χ2v) is 5.79. The van der Waals surface area contributed by atoms with E-state index < -0.39 is 0 Å². The van der Waals surface area contributed by atoms with Crippen molar-refractivity contribution in [2.45, 2.75) is 74.8 Å². The third kappa shape index (κ3) is 9.41. The van der Waals surface area contributed by atoms with E-state index in [1.54, 1.807) is 0 Å². The maximum Gasteiger partial charge on any atom is 0.0772 e. The lowest BCUT2D eigenvalue weighted by atomic mass is 10.0. The van der Waals surface area contributed by atoms with E-state index >= 15 is 0 Å². The molecule has 1 aromatic heterocycles. The van der Waals surface area contributed by atoms with Crippen LogP contribution in [0, 0.1) is 12.8 Å². The van der Waals surface area contributed by atoms with Crippen LogP contribution in [-0.4, -0.2) is 59.4 Å². The number of rotatable bonds is 3. The van der Waals surface area contributed by atoms with Crippen LogP contribution in [0.15, 0.2) is 12.4 Å². The van der Waals surface area contributed by atoms with Gasteiger partial charge < -0.3 is 4.90 Å². The maximum atomic E-state index is 4.40. The molecule has 0 saturated carbocycles. The van der Waals surface area contributed by atoms with Crippen molar-refractivity contribution in [2.75, 3.05) is 39.8 Å². The molecule has 2 aliphatic rings. The number of aromatic nitrogens is 2. The molecule has 0 spiro atoms. The Balaban J connectivity index is 0. The Labute approximate surface area is 158 Å². The van der Waals surface area contributed by atoms with Crippen LogP contribution in [0.2, 0.25) is 0 Å². The fourth-order valence-corrected chi connectivity index (χ4v) is 3.03. The molecule has 4 heteroatoms. The lowest BCUT2D eigenvalue weighted by Crippen LogP contribution is -2.49. The summed E-state index contributed by atoms with van der Waals surface area (Å²) in [5, 5.41) is 4.40. The van der Waals surface area contributed by atoms with Gasteiger partial charge >= 0.3 is 0 Å². The third-order valence-corrected chi connectivity index (χ3v) is 4.05. The molecular formula is C21H46N4. The van der Waals surface area contributed by atoms with Gasteiger partial charge in [-0.25, -0.2) is 0 Å². The fourth-order valence-electron chi connectivity index (χ4n) is 3.03. The number of aryl methyl sites for hydroxylation is 1. The zero-order valence-corrected chi connectivity index (χ0v) is 18.8. The predicted octanol–water partition coefficient (Wildman–Crippen LogP) is 5.10. The van der Waals surface area contributed by atoms with Crippen LogP contribution in [-0.2, 0) is 0 Å². The SMILES string of the molecule is CC.CC.CC.CC.Cc1cnn(C2CN(CC3CCN(C)C3)C2)c1. The first-order valence-electron chi connectivity index (χ1n) is 10.6. The molecule has 0 N–H and O–H groups in total. The zero-order valence-electron chi connectivity index (χ0n) is 18.8. The summed E-state index contributed by atoms with van der Waals surface area (Å²) in [5.74, 6) is 0.889. The van der Waals surface area contributed by atoms with Crippen LogP contribution in [0.4, 0.5) is 0 Å². The summed E-state index contributed by atoms with van der Waals surface area (Å²) < 4.78 is 2.13. The third-order valence-electron chi connectivity index (χ3n) is 4.05. The molecule has 150 valence electrons. The molecule has 0 bridgehead atoms. The normalized spacial score (nSPS) is 19.7. The molecule has 1 aromatic rings. The Morgan fingerprint density at radius 1 is 0.960 bits per heavy atom. The summed E-state index contributed by atoms with van der Waals surface area (Å²) in [6.45, 7) is 24.3. The highest BCUT2D eigenvalue weighted by molar-refractivity contribution is 5.02. The topological polar surface area (TPSA) is 24.3 Å². The summed E-state index contributed by atoms with van der Waals surface area (Å²) in [6.07, 6.45) is 5.48. The molecule has 0 aromatic carbocycles. The van der Waals surface area contributed by atoms with Crippen LogP contribution in [0.25, 0.3) is 0 Å². The molecule has 0 aliphatic carbocycles. The molecule has 4 nitrogen and oxygen atoms in total. The first-order valence-corrected chi connectivity index (χ1v) is 10.6. The van der Waals surface area contributed by atoms with Gasteiger partial charge in [-0.2, -0.15) is 5.10 Å². The van der Waals surface area contributed by atoms with Gasteiger partial charge in [0, 0.05) is 32.4 Å². The Morgan fingerprint density at radius 2 is 1.52 bits per heavy atom. The average molecular weight is 355 g/mol. The molecule has 3 rings (SSSR count). The minimum atomic E-state index is 0.614. The van der Waals surface area contributed by atoms with Gasteiger partial charge in [0.05, 0.1) is 12.2 Å². The number of hydrogen-bond donors (Lipinski definition) is 0. The lowest BCUT2D eigenvalue weighted by Gasteiger charge is -2.40. The smallest absolute Gasteiger partial charge is 0.0772 e. The van der Waals surface area contributed by atoms with Gasteiger partial charge in [-0.15, -0.1) is 0 Å². The van der Waals surface area contributed by atoms with Crippen molar-refractivity contribution in [3.63, 3.8) is 0 Å². The van der Waals surface area contributed by atoms with Gasteiger partial charge in [-0.1, -0.05) is 55.4 Å². The highest BCUT2D eigenvalue weighted by Gasteiger charge is 2.31. The Morgan fingerprint density at radius 3 is 1.92 bits per heavy atom. The van der Waals surface area contributed by atoms with Crippen molar-refractivity contribution in [2.24, 2.45) is 5.92 Å². The summed E-state index contributed by atoms with van der Waals surface area (Å²) in [5.41, 5.74) is 1.26. The minimum absolute atomic E-state index is 0.614. The molecule has 1 atom stereocenters. The van der Waals surface area contributed by atoms with Gasteiger partial charge in [-0.3, -0.25) is 9.58 Å². The van der Waals surface area contributed by atoms with Crippen molar-refractivity contribution < 1.29 is 0 Å². The Bertz CT molecular complexity index is 383. The van der Waals surface area contributed by atoms with E-state index in [2.05, 4.69) is 39.7 Å². The zero-order chi connectivity index (χ0) is 19.8.